The number of rotatable bonds is 18. The number of carbonyl (C=O) groups is 1. The molecule has 0 aliphatic heterocycles. The summed E-state index contributed by atoms with van der Waals surface area (Å²) < 4.78 is 0. The first kappa shape index (κ1) is 22.2. The van der Waals surface area contributed by atoms with Crippen LogP contribution in [0.3, 0.4) is 0 Å². The molecule has 2 nitrogen and oxygen atoms in total. The highest BCUT2D eigenvalue weighted by Crippen LogP contribution is 2.20. The van der Waals surface area contributed by atoms with E-state index >= 15 is 0 Å². The van der Waals surface area contributed by atoms with E-state index in [0.717, 1.165) is 18.8 Å². The minimum atomic E-state index is -0.907. The molecule has 0 heterocycles. The molecule has 0 aliphatic carbocycles. The summed E-state index contributed by atoms with van der Waals surface area (Å²) in [6.07, 6.45) is 21.4. The van der Waals surface area contributed by atoms with Gasteiger partial charge in [0.25, 0.3) is 0 Å². The molecule has 0 aromatic carbocycles. The van der Waals surface area contributed by atoms with Gasteiger partial charge in [-0.3, -0.25) is 0 Å². The van der Waals surface area contributed by atoms with Crippen molar-refractivity contribution >= 4 is 5.97 Å². The van der Waals surface area contributed by atoms with E-state index in [1.807, 2.05) is 0 Å². The normalized spacial score (nSPS) is 12.2. The first-order valence-corrected chi connectivity index (χ1v) is 10.0. The van der Waals surface area contributed by atoms with Crippen LogP contribution in [0.1, 0.15) is 110 Å². The van der Waals surface area contributed by atoms with Crippen LogP contribution in [0, 0.1) is 5.92 Å². The molecule has 0 rings (SSSR count). The highest BCUT2D eigenvalue weighted by atomic mass is 16.4. The quantitative estimate of drug-likeness (QED) is 0.236. The summed E-state index contributed by atoms with van der Waals surface area (Å²) in [6, 6.07) is 0. The molecule has 0 spiro atoms. The summed E-state index contributed by atoms with van der Waals surface area (Å²) in [4.78, 5) is 10.3. The number of unbranched alkanes of at least 4 members (excludes halogenated alkanes) is 10. The van der Waals surface area contributed by atoms with Crippen molar-refractivity contribution in [3.05, 3.63) is 12.7 Å². The van der Waals surface area contributed by atoms with Gasteiger partial charge >= 0.3 is 0 Å². The zero-order valence-corrected chi connectivity index (χ0v) is 15.5. The van der Waals surface area contributed by atoms with Crippen LogP contribution < -0.4 is 5.11 Å². The van der Waals surface area contributed by atoms with Crippen molar-refractivity contribution in [3.8, 4) is 0 Å². The third-order valence-electron chi connectivity index (χ3n) is 4.69. The van der Waals surface area contributed by atoms with E-state index in [9.17, 15) is 9.90 Å². The standard InChI is InChI=1S/C21H40O2/c1-3-16-20(17-4-2)18-14-12-10-8-6-5-7-9-11-13-15-19-21(22)23/h3,20H,1,4-19H2,2H3,(H,22,23)/p-1. The van der Waals surface area contributed by atoms with Crippen molar-refractivity contribution < 1.29 is 9.90 Å². The summed E-state index contributed by atoms with van der Waals surface area (Å²) in [6.45, 7) is 6.15. The molecular formula is C21H39O2-. The van der Waals surface area contributed by atoms with Crippen LogP contribution in [0.4, 0.5) is 0 Å². The minimum Gasteiger partial charge on any atom is -0.550 e. The largest absolute Gasteiger partial charge is 0.550 e. The van der Waals surface area contributed by atoms with Gasteiger partial charge in [0.2, 0.25) is 0 Å². The van der Waals surface area contributed by atoms with Crippen molar-refractivity contribution in [2.45, 2.75) is 110 Å². The number of aliphatic carboxylic acids is 1. The minimum absolute atomic E-state index is 0.228. The van der Waals surface area contributed by atoms with Gasteiger partial charge in [-0.2, -0.15) is 0 Å². The number of carboxylic acids is 1. The van der Waals surface area contributed by atoms with Crippen LogP contribution in [0.15, 0.2) is 12.7 Å². The summed E-state index contributed by atoms with van der Waals surface area (Å²) in [5.41, 5.74) is 0. The first-order chi connectivity index (χ1) is 11.2. The molecular weight excluding hydrogens is 284 g/mol. The molecule has 1 unspecified atom stereocenters. The molecule has 136 valence electrons. The Morgan fingerprint density at radius 2 is 1.35 bits per heavy atom. The molecule has 0 radical (unpaired) electrons. The van der Waals surface area contributed by atoms with E-state index in [1.54, 1.807) is 0 Å². The van der Waals surface area contributed by atoms with E-state index < -0.39 is 5.97 Å². The topological polar surface area (TPSA) is 40.1 Å². The molecule has 0 amide bonds. The zero-order valence-electron chi connectivity index (χ0n) is 15.5. The molecule has 0 bridgehead atoms. The molecule has 0 saturated carbocycles. The molecule has 0 saturated heterocycles. The maximum atomic E-state index is 10.3. The predicted octanol–water partition coefficient (Wildman–Crippen LogP) is 5.80. The lowest BCUT2D eigenvalue weighted by Crippen LogP contribution is -2.21. The summed E-state index contributed by atoms with van der Waals surface area (Å²) >= 11 is 0. The second-order valence-corrected chi connectivity index (χ2v) is 6.98. The van der Waals surface area contributed by atoms with Crippen LogP contribution in [0.5, 0.6) is 0 Å². The van der Waals surface area contributed by atoms with Crippen LogP contribution in [0.25, 0.3) is 0 Å². The van der Waals surface area contributed by atoms with E-state index in [2.05, 4.69) is 19.6 Å². The second kappa shape index (κ2) is 17.6. The lowest BCUT2D eigenvalue weighted by molar-refractivity contribution is -0.305. The fourth-order valence-electron chi connectivity index (χ4n) is 3.32. The first-order valence-electron chi connectivity index (χ1n) is 10.0. The Kier molecular flexibility index (Phi) is 17.0. The van der Waals surface area contributed by atoms with Gasteiger partial charge in [-0.25, -0.2) is 0 Å². The van der Waals surface area contributed by atoms with Crippen LogP contribution in [-0.2, 0) is 4.79 Å². The van der Waals surface area contributed by atoms with E-state index in [-0.39, 0.29) is 6.42 Å². The van der Waals surface area contributed by atoms with Gasteiger partial charge < -0.3 is 9.90 Å². The van der Waals surface area contributed by atoms with Crippen LogP contribution >= 0.6 is 0 Å². The smallest absolute Gasteiger partial charge is 0.0414 e. The average molecular weight is 324 g/mol. The monoisotopic (exact) mass is 323 g/mol. The van der Waals surface area contributed by atoms with Gasteiger partial charge in [0.15, 0.2) is 0 Å². The third kappa shape index (κ3) is 17.4. The van der Waals surface area contributed by atoms with Crippen molar-refractivity contribution in [2.24, 2.45) is 5.92 Å². The summed E-state index contributed by atoms with van der Waals surface area (Å²) in [5.74, 6) is -0.0371. The van der Waals surface area contributed by atoms with E-state index in [0.29, 0.717) is 0 Å². The predicted molar refractivity (Wildman–Crippen MR) is 98.2 cm³/mol. The Morgan fingerprint density at radius 3 is 1.78 bits per heavy atom. The van der Waals surface area contributed by atoms with E-state index in [4.69, 9.17) is 0 Å². The molecule has 1 atom stereocenters. The number of hydrogen-bond acceptors (Lipinski definition) is 2. The Hall–Kier alpha value is -0.790. The molecule has 0 fully saturated rings. The van der Waals surface area contributed by atoms with Gasteiger partial charge in [-0.1, -0.05) is 96.5 Å². The second-order valence-electron chi connectivity index (χ2n) is 6.98. The number of carboxylic acid groups (broad SMARTS) is 1. The highest BCUT2D eigenvalue weighted by molar-refractivity contribution is 5.63. The maximum absolute atomic E-state index is 10.3. The Bertz CT molecular complexity index is 273. The number of hydrogen-bond donors (Lipinski definition) is 0. The fraction of sp³-hybridized carbons (Fsp3) is 0.857. The van der Waals surface area contributed by atoms with Crippen LogP contribution in [0.2, 0.25) is 0 Å². The van der Waals surface area contributed by atoms with Crippen molar-refractivity contribution in [2.75, 3.05) is 0 Å². The average Bonchev–Trinajstić information content (AvgIpc) is 2.52. The molecule has 0 aliphatic rings. The molecule has 0 N–H and O–H groups in total. The van der Waals surface area contributed by atoms with Gasteiger partial charge in [0, 0.05) is 5.97 Å². The number of allylic oxidation sites excluding steroid dienone is 1. The Balaban J connectivity index is 3.20. The molecule has 23 heavy (non-hydrogen) atoms. The Morgan fingerprint density at radius 1 is 0.870 bits per heavy atom. The van der Waals surface area contributed by atoms with Gasteiger partial charge in [0.1, 0.15) is 0 Å². The van der Waals surface area contributed by atoms with Gasteiger partial charge in [-0.05, 0) is 25.2 Å². The molecule has 0 aromatic rings. The number of carbonyl (C=O) groups excluding carboxylic acids is 1. The zero-order chi connectivity index (χ0) is 17.2. The maximum Gasteiger partial charge on any atom is 0.0414 e. The van der Waals surface area contributed by atoms with Crippen molar-refractivity contribution in [1.82, 2.24) is 0 Å². The van der Waals surface area contributed by atoms with Crippen molar-refractivity contribution in [1.29, 1.82) is 0 Å². The Labute approximate surface area is 144 Å². The van der Waals surface area contributed by atoms with Gasteiger partial charge in [-0.15, -0.1) is 6.58 Å². The van der Waals surface area contributed by atoms with Gasteiger partial charge in [0.05, 0.1) is 0 Å². The highest BCUT2D eigenvalue weighted by Gasteiger charge is 2.05. The van der Waals surface area contributed by atoms with Crippen molar-refractivity contribution in [3.63, 3.8) is 0 Å². The van der Waals surface area contributed by atoms with E-state index in [1.165, 1.54) is 83.5 Å². The molecule has 2 heteroatoms. The summed E-state index contributed by atoms with van der Waals surface area (Å²) in [5, 5.41) is 10.3. The lowest BCUT2D eigenvalue weighted by Gasteiger charge is -2.13. The molecule has 0 aromatic heterocycles. The lowest BCUT2D eigenvalue weighted by atomic mass is 9.93. The third-order valence-corrected chi connectivity index (χ3v) is 4.69. The summed E-state index contributed by atoms with van der Waals surface area (Å²) in [7, 11) is 0. The van der Waals surface area contributed by atoms with Crippen LogP contribution in [-0.4, -0.2) is 5.97 Å². The fourth-order valence-corrected chi connectivity index (χ4v) is 3.32. The SMILES string of the molecule is C=CCC(CCC)CCCCCCCCCCCCCC(=O)[O-].